The average Bonchev–Trinajstić information content (AvgIpc) is 2.53. The maximum absolute atomic E-state index is 14.5. The van der Waals surface area contributed by atoms with Gasteiger partial charge in [0, 0.05) is 25.3 Å². The Hall–Kier alpha value is -2.35. The van der Waals surface area contributed by atoms with Gasteiger partial charge in [0.25, 0.3) is 0 Å². The topological polar surface area (TPSA) is 79.9 Å². The van der Waals surface area contributed by atoms with E-state index < -0.39 is 11.8 Å². The van der Waals surface area contributed by atoms with Gasteiger partial charge < -0.3 is 25.0 Å². The number of carbonyl (C=O) groups excluding carboxylic acids is 2. The van der Waals surface area contributed by atoms with Gasteiger partial charge in [-0.05, 0) is 45.9 Å². The molecule has 27 heavy (non-hydrogen) atoms. The molecule has 0 radical (unpaired) electrons. The Bertz CT molecular complexity index is 658. The minimum Gasteiger partial charge on any atom is -0.463 e. The molecule has 2 rings (SSSR count). The average molecular weight is 381 g/mol. The number of urea groups is 1. The standard InChI is InChI=1S/C19H28FN3O4/c1-12(2)26-18(24)7-8-21-19(25)22-15-5-6-17(16(20)9-15)23-10-13(3)27-14(4)11-23/h5-6,9,12-14H,7-8,10-11H2,1-4H3,(H2,21,22,25)/t13-,14+. The maximum Gasteiger partial charge on any atom is 0.319 e. The molecule has 0 saturated carbocycles. The highest BCUT2D eigenvalue weighted by Gasteiger charge is 2.24. The summed E-state index contributed by atoms with van der Waals surface area (Å²) < 4.78 is 25.1. The van der Waals surface area contributed by atoms with Gasteiger partial charge >= 0.3 is 12.0 Å². The van der Waals surface area contributed by atoms with Crippen molar-refractivity contribution >= 4 is 23.4 Å². The maximum atomic E-state index is 14.5. The van der Waals surface area contributed by atoms with E-state index in [0.717, 1.165) is 0 Å². The van der Waals surface area contributed by atoms with E-state index in [4.69, 9.17) is 9.47 Å². The highest BCUT2D eigenvalue weighted by Crippen LogP contribution is 2.26. The third kappa shape index (κ3) is 6.71. The van der Waals surface area contributed by atoms with Crippen LogP contribution in [0.4, 0.5) is 20.6 Å². The molecule has 0 aromatic heterocycles. The molecule has 1 saturated heterocycles. The summed E-state index contributed by atoms with van der Waals surface area (Å²) >= 11 is 0. The van der Waals surface area contributed by atoms with Crippen molar-refractivity contribution in [2.75, 3.05) is 29.9 Å². The number of esters is 1. The lowest BCUT2D eigenvalue weighted by molar-refractivity contribution is -0.147. The molecule has 0 aliphatic carbocycles. The largest absolute Gasteiger partial charge is 0.463 e. The summed E-state index contributed by atoms with van der Waals surface area (Å²) in [6.07, 6.45) is -0.0600. The molecule has 1 heterocycles. The van der Waals surface area contributed by atoms with Crippen molar-refractivity contribution in [2.45, 2.75) is 52.4 Å². The number of ether oxygens (including phenoxy) is 2. The summed E-state index contributed by atoms with van der Waals surface area (Å²) in [5.74, 6) is -0.788. The fourth-order valence-electron chi connectivity index (χ4n) is 2.99. The SMILES string of the molecule is CC(C)OC(=O)CCNC(=O)Nc1ccc(N2C[C@@H](C)O[C@@H](C)C2)c(F)c1. The Labute approximate surface area is 159 Å². The summed E-state index contributed by atoms with van der Waals surface area (Å²) in [6, 6.07) is 4.08. The van der Waals surface area contributed by atoms with E-state index >= 15 is 0 Å². The van der Waals surface area contributed by atoms with E-state index in [1.54, 1.807) is 26.0 Å². The molecular weight excluding hydrogens is 353 g/mol. The molecule has 1 fully saturated rings. The number of nitrogens with one attached hydrogen (secondary N) is 2. The summed E-state index contributed by atoms with van der Waals surface area (Å²) in [5.41, 5.74) is 0.826. The minimum atomic E-state index is -0.506. The van der Waals surface area contributed by atoms with E-state index in [1.165, 1.54) is 6.07 Å². The first kappa shape index (κ1) is 21.0. The fraction of sp³-hybridized carbons (Fsp3) is 0.579. The Morgan fingerprint density at radius 3 is 2.56 bits per heavy atom. The van der Waals surface area contributed by atoms with Gasteiger partial charge in [0.05, 0.1) is 30.4 Å². The Morgan fingerprint density at radius 1 is 1.30 bits per heavy atom. The molecule has 1 aromatic carbocycles. The van der Waals surface area contributed by atoms with Crippen molar-refractivity contribution in [1.29, 1.82) is 0 Å². The van der Waals surface area contributed by atoms with Crippen molar-refractivity contribution < 1.29 is 23.5 Å². The number of halogens is 1. The van der Waals surface area contributed by atoms with Crippen LogP contribution in [0.25, 0.3) is 0 Å². The van der Waals surface area contributed by atoms with Crippen LogP contribution in [0, 0.1) is 5.82 Å². The number of anilines is 2. The van der Waals surface area contributed by atoms with E-state index in [1.807, 2.05) is 18.7 Å². The van der Waals surface area contributed by atoms with Crippen molar-refractivity contribution in [3.63, 3.8) is 0 Å². The normalized spacial score (nSPS) is 19.7. The highest BCUT2D eigenvalue weighted by molar-refractivity contribution is 5.89. The summed E-state index contributed by atoms with van der Waals surface area (Å²) in [4.78, 5) is 25.2. The van der Waals surface area contributed by atoms with E-state index in [0.29, 0.717) is 24.5 Å². The third-order valence-electron chi connectivity index (χ3n) is 3.95. The second kappa shape index (κ2) is 9.55. The number of morpholine rings is 1. The number of nitrogens with zero attached hydrogens (tertiary/aromatic N) is 1. The second-order valence-corrected chi connectivity index (χ2v) is 7.00. The van der Waals surface area contributed by atoms with Crippen molar-refractivity contribution in [1.82, 2.24) is 5.32 Å². The number of hydrogen-bond acceptors (Lipinski definition) is 5. The van der Waals surface area contributed by atoms with Crippen LogP contribution < -0.4 is 15.5 Å². The lowest BCUT2D eigenvalue weighted by atomic mass is 10.2. The third-order valence-corrected chi connectivity index (χ3v) is 3.95. The predicted molar refractivity (Wildman–Crippen MR) is 101 cm³/mol. The van der Waals surface area contributed by atoms with Crippen LogP contribution in [0.3, 0.4) is 0 Å². The smallest absolute Gasteiger partial charge is 0.319 e. The number of hydrogen-bond donors (Lipinski definition) is 2. The molecule has 0 spiro atoms. The molecule has 1 aromatic rings. The first-order chi connectivity index (χ1) is 12.7. The predicted octanol–water partition coefficient (Wildman–Crippen LogP) is 2.90. The molecule has 8 heteroatoms. The molecule has 0 bridgehead atoms. The van der Waals surface area contributed by atoms with Crippen molar-refractivity contribution in [3.8, 4) is 0 Å². The summed E-state index contributed by atoms with van der Waals surface area (Å²) in [5, 5.41) is 5.10. The summed E-state index contributed by atoms with van der Waals surface area (Å²) in [7, 11) is 0. The lowest BCUT2D eigenvalue weighted by Crippen LogP contribution is -2.45. The minimum absolute atomic E-state index is 0.0270. The highest BCUT2D eigenvalue weighted by atomic mass is 19.1. The van der Waals surface area contributed by atoms with Gasteiger partial charge in [-0.2, -0.15) is 0 Å². The first-order valence-electron chi connectivity index (χ1n) is 9.19. The molecule has 150 valence electrons. The van der Waals surface area contributed by atoms with Crippen molar-refractivity contribution in [2.24, 2.45) is 0 Å². The molecule has 2 N–H and O–H groups in total. The van der Waals surface area contributed by atoms with Crippen LogP contribution in [-0.4, -0.2) is 49.9 Å². The van der Waals surface area contributed by atoms with E-state index in [9.17, 15) is 14.0 Å². The zero-order valence-corrected chi connectivity index (χ0v) is 16.3. The van der Waals surface area contributed by atoms with E-state index in [2.05, 4.69) is 10.6 Å². The molecule has 2 atom stereocenters. The lowest BCUT2D eigenvalue weighted by Gasteiger charge is -2.37. The van der Waals surface area contributed by atoms with Gasteiger partial charge in [-0.15, -0.1) is 0 Å². The van der Waals surface area contributed by atoms with Crippen LogP contribution in [0.2, 0.25) is 0 Å². The monoisotopic (exact) mass is 381 g/mol. The zero-order chi connectivity index (χ0) is 20.0. The zero-order valence-electron chi connectivity index (χ0n) is 16.3. The number of amides is 2. The molecule has 7 nitrogen and oxygen atoms in total. The van der Waals surface area contributed by atoms with Gasteiger partial charge in [0.1, 0.15) is 5.82 Å². The molecule has 0 unspecified atom stereocenters. The number of benzene rings is 1. The van der Waals surface area contributed by atoms with E-state index in [-0.39, 0.29) is 37.2 Å². The van der Waals surface area contributed by atoms with Gasteiger partial charge in [-0.25, -0.2) is 9.18 Å². The second-order valence-electron chi connectivity index (χ2n) is 7.00. The quantitative estimate of drug-likeness (QED) is 0.741. The van der Waals surface area contributed by atoms with Gasteiger partial charge in [-0.1, -0.05) is 0 Å². The van der Waals surface area contributed by atoms with Gasteiger partial charge in [-0.3, -0.25) is 4.79 Å². The first-order valence-corrected chi connectivity index (χ1v) is 9.19. The Kier molecular flexibility index (Phi) is 7.41. The molecule has 1 aliphatic rings. The fourth-order valence-corrected chi connectivity index (χ4v) is 2.99. The van der Waals surface area contributed by atoms with Crippen molar-refractivity contribution in [3.05, 3.63) is 24.0 Å². The van der Waals surface area contributed by atoms with Gasteiger partial charge in [0.2, 0.25) is 0 Å². The van der Waals surface area contributed by atoms with Crippen LogP contribution in [0.1, 0.15) is 34.1 Å². The van der Waals surface area contributed by atoms with Gasteiger partial charge in [0.15, 0.2) is 0 Å². The number of rotatable bonds is 6. The van der Waals surface area contributed by atoms with Crippen LogP contribution in [0.5, 0.6) is 0 Å². The summed E-state index contributed by atoms with van der Waals surface area (Å²) in [6.45, 7) is 8.79. The van der Waals surface area contributed by atoms with Crippen LogP contribution in [-0.2, 0) is 14.3 Å². The number of carbonyl (C=O) groups is 2. The Morgan fingerprint density at radius 2 is 1.96 bits per heavy atom. The molecule has 1 aliphatic heterocycles. The van der Waals surface area contributed by atoms with Crippen LogP contribution in [0.15, 0.2) is 18.2 Å². The molecular formula is C19H28FN3O4. The van der Waals surface area contributed by atoms with Crippen LogP contribution >= 0.6 is 0 Å². The molecule has 2 amide bonds. The Balaban J connectivity index is 1.86.